The van der Waals surface area contributed by atoms with Crippen LogP contribution in [-0.2, 0) is 14.4 Å². The van der Waals surface area contributed by atoms with E-state index in [1.54, 1.807) is 4.90 Å². The van der Waals surface area contributed by atoms with E-state index in [-0.39, 0.29) is 31.2 Å². The monoisotopic (exact) mass is 344 g/mol. The normalized spacial score (nSPS) is 20.5. The Labute approximate surface area is 145 Å². The molecule has 2 aliphatic rings. The molecule has 0 unspecified atom stereocenters. The topological polar surface area (TPSA) is 98.8 Å². The van der Waals surface area contributed by atoms with Crippen LogP contribution in [0, 0.1) is 6.92 Å². The number of imide groups is 1. The van der Waals surface area contributed by atoms with Crippen LogP contribution in [0.2, 0.25) is 0 Å². The number of rotatable bonds is 4. The molecule has 8 heteroatoms. The quantitative estimate of drug-likeness (QED) is 0.760. The van der Waals surface area contributed by atoms with Crippen LogP contribution in [0.15, 0.2) is 24.3 Å². The maximum absolute atomic E-state index is 12.4. The fourth-order valence-electron chi connectivity index (χ4n) is 3.10. The molecule has 0 spiro atoms. The molecular formula is C17H20N4O4. The minimum absolute atomic E-state index is 0.0242. The highest BCUT2D eigenvalue weighted by atomic mass is 16.2. The molecule has 132 valence electrons. The molecule has 25 heavy (non-hydrogen) atoms. The lowest BCUT2D eigenvalue weighted by atomic mass is 10.1. The summed E-state index contributed by atoms with van der Waals surface area (Å²) in [6.07, 6.45) is 0.332. The van der Waals surface area contributed by atoms with Crippen molar-refractivity contribution in [1.82, 2.24) is 15.5 Å². The lowest BCUT2D eigenvalue weighted by Crippen LogP contribution is -2.52. The summed E-state index contributed by atoms with van der Waals surface area (Å²) in [6.45, 7) is 2.86. The highest BCUT2D eigenvalue weighted by molar-refractivity contribution is 6.04. The van der Waals surface area contributed by atoms with E-state index in [1.165, 1.54) is 4.90 Å². The van der Waals surface area contributed by atoms with Gasteiger partial charge in [0.25, 0.3) is 5.91 Å². The molecule has 2 aliphatic heterocycles. The van der Waals surface area contributed by atoms with Crippen molar-refractivity contribution >= 4 is 29.4 Å². The predicted molar refractivity (Wildman–Crippen MR) is 89.8 cm³/mol. The average molecular weight is 344 g/mol. The van der Waals surface area contributed by atoms with Gasteiger partial charge in [0.05, 0.1) is 0 Å². The smallest absolute Gasteiger partial charge is 0.322 e. The van der Waals surface area contributed by atoms with E-state index in [4.69, 9.17) is 0 Å². The van der Waals surface area contributed by atoms with E-state index >= 15 is 0 Å². The number of hydrogen-bond donors (Lipinski definition) is 2. The number of para-hydroxylation sites is 1. The predicted octanol–water partition coefficient (Wildman–Crippen LogP) is 0.158. The van der Waals surface area contributed by atoms with Crippen molar-refractivity contribution in [1.29, 1.82) is 0 Å². The summed E-state index contributed by atoms with van der Waals surface area (Å²) in [5, 5.41) is 4.59. The van der Waals surface area contributed by atoms with Crippen molar-refractivity contribution in [2.45, 2.75) is 25.8 Å². The molecule has 0 aromatic heterocycles. The number of amides is 5. The first-order valence-electron chi connectivity index (χ1n) is 8.21. The Bertz CT molecular complexity index is 733. The van der Waals surface area contributed by atoms with E-state index < -0.39 is 18.0 Å². The lowest BCUT2D eigenvalue weighted by Gasteiger charge is -2.35. The van der Waals surface area contributed by atoms with E-state index in [2.05, 4.69) is 10.6 Å². The molecular weight excluding hydrogens is 324 g/mol. The van der Waals surface area contributed by atoms with Gasteiger partial charge in [0.2, 0.25) is 11.8 Å². The third-order valence-electron chi connectivity index (χ3n) is 4.49. The number of piperazine rings is 1. The fourth-order valence-corrected chi connectivity index (χ4v) is 3.10. The van der Waals surface area contributed by atoms with Gasteiger partial charge in [-0.2, -0.15) is 0 Å². The maximum atomic E-state index is 12.4. The molecule has 2 heterocycles. The van der Waals surface area contributed by atoms with Gasteiger partial charge < -0.3 is 15.1 Å². The Hall–Kier alpha value is -2.90. The minimum Gasteiger partial charge on any atom is -0.332 e. The van der Waals surface area contributed by atoms with Crippen molar-refractivity contribution < 1.29 is 19.2 Å². The highest BCUT2D eigenvalue weighted by Crippen LogP contribution is 2.22. The van der Waals surface area contributed by atoms with Crippen LogP contribution in [0.3, 0.4) is 0 Å². The van der Waals surface area contributed by atoms with Crippen LogP contribution >= 0.6 is 0 Å². The van der Waals surface area contributed by atoms with Crippen molar-refractivity contribution in [2.75, 3.05) is 24.5 Å². The maximum Gasteiger partial charge on any atom is 0.322 e. The Balaban J connectivity index is 1.55. The van der Waals surface area contributed by atoms with E-state index in [0.717, 1.165) is 11.3 Å². The van der Waals surface area contributed by atoms with Crippen LogP contribution in [-0.4, -0.2) is 54.3 Å². The summed E-state index contributed by atoms with van der Waals surface area (Å²) in [7, 11) is 0. The zero-order valence-electron chi connectivity index (χ0n) is 13.9. The van der Waals surface area contributed by atoms with Crippen molar-refractivity contribution in [3.8, 4) is 0 Å². The second-order valence-electron chi connectivity index (χ2n) is 6.20. The van der Waals surface area contributed by atoms with E-state index in [0.29, 0.717) is 13.1 Å². The molecule has 0 saturated carbocycles. The van der Waals surface area contributed by atoms with Crippen LogP contribution in [0.1, 0.15) is 18.4 Å². The number of nitrogens with zero attached hydrogens (tertiary/aromatic N) is 2. The van der Waals surface area contributed by atoms with Crippen LogP contribution < -0.4 is 15.5 Å². The summed E-state index contributed by atoms with van der Waals surface area (Å²) in [4.78, 5) is 50.5. The Morgan fingerprint density at radius 1 is 1.20 bits per heavy atom. The zero-order chi connectivity index (χ0) is 18.0. The zero-order valence-corrected chi connectivity index (χ0v) is 13.9. The second-order valence-corrected chi connectivity index (χ2v) is 6.20. The van der Waals surface area contributed by atoms with Crippen LogP contribution in [0.25, 0.3) is 0 Å². The first-order chi connectivity index (χ1) is 12.0. The molecule has 2 N–H and O–H groups in total. The van der Waals surface area contributed by atoms with E-state index in [1.807, 2.05) is 31.2 Å². The standard InChI is InChI=1S/C17H20N4O4/c1-11-4-2-3-5-13(11)21-9-8-20(10-15(21)23)14(22)7-6-12-16(24)19-17(25)18-12/h2-5,12H,6-10H2,1H3,(H2,18,19,24,25)/t12-/m1/s1. The minimum atomic E-state index is -0.680. The number of anilines is 1. The van der Waals surface area contributed by atoms with Gasteiger partial charge in [-0.25, -0.2) is 4.79 Å². The molecule has 0 aliphatic carbocycles. The van der Waals surface area contributed by atoms with Gasteiger partial charge in [-0.3, -0.25) is 19.7 Å². The molecule has 8 nitrogen and oxygen atoms in total. The molecule has 0 radical (unpaired) electrons. The third-order valence-corrected chi connectivity index (χ3v) is 4.49. The Morgan fingerprint density at radius 3 is 2.60 bits per heavy atom. The first-order valence-corrected chi connectivity index (χ1v) is 8.21. The summed E-state index contributed by atoms with van der Waals surface area (Å²) >= 11 is 0. The number of carbonyl (C=O) groups excluding carboxylic acids is 4. The number of urea groups is 1. The molecule has 2 fully saturated rings. The molecule has 1 aromatic rings. The van der Waals surface area contributed by atoms with Crippen molar-refractivity contribution in [3.05, 3.63) is 29.8 Å². The largest absolute Gasteiger partial charge is 0.332 e. The average Bonchev–Trinajstić information content (AvgIpc) is 2.91. The number of benzene rings is 1. The Kier molecular flexibility index (Phi) is 4.69. The molecule has 1 atom stereocenters. The van der Waals surface area contributed by atoms with Gasteiger partial charge in [0, 0.05) is 25.2 Å². The number of hydrogen-bond acceptors (Lipinski definition) is 4. The van der Waals surface area contributed by atoms with Gasteiger partial charge in [-0.15, -0.1) is 0 Å². The van der Waals surface area contributed by atoms with Crippen molar-refractivity contribution in [3.63, 3.8) is 0 Å². The fraction of sp³-hybridized carbons (Fsp3) is 0.412. The number of nitrogens with one attached hydrogen (secondary N) is 2. The molecule has 3 rings (SSSR count). The number of aryl methyl sites for hydroxylation is 1. The summed E-state index contributed by atoms with van der Waals surface area (Å²) in [6, 6.07) is 6.42. The molecule has 0 bridgehead atoms. The highest BCUT2D eigenvalue weighted by Gasteiger charge is 2.32. The summed E-state index contributed by atoms with van der Waals surface area (Å²) in [5.74, 6) is -0.731. The second kappa shape index (κ2) is 6.92. The van der Waals surface area contributed by atoms with Gasteiger partial charge in [0.15, 0.2) is 0 Å². The molecule has 5 amide bonds. The van der Waals surface area contributed by atoms with Gasteiger partial charge in [-0.1, -0.05) is 18.2 Å². The third kappa shape index (κ3) is 3.62. The van der Waals surface area contributed by atoms with Crippen LogP contribution in [0.5, 0.6) is 0 Å². The van der Waals surface area contributed by atoms with Gasteiger partial charge in [-0.05, 0) is 25.0 Å². The molecule has 2 saturated heterocycles. The van der Waals surface area contributed by atoms with Crippen molar-refractivity contribution in [2.24, 2.45) is 0 Å². The SMILES string of the molecule is Cc1ccccc1N1CCN(C(=O)CC[C@H]2NC(=O)NC2=O)CC1=O. The van der Waals surface area contributed by atoms with Crippen LogP contribution in [0.4, 0.5) is 10.5 Å². The Morgan fingerprint density at radius 2 is 1.96 bits per heavy atom. The summed E-state index contributed by atoms with van der Waals surface area (Å²) < 4.78 is 0. The van der Waals surface area contributed by atoms with Gasteiger partial charge in [0.1, 0.15) is 12.6 Å². The van der Waals surface area contributed by atoms with Gasteiger partial charge >= 0.3 is 6.03 Å². The first kappa shape index (κ1) is 16.9. The molecule has 1 aromatic carbocycles. The summed E-state index contributed by atoms with van der Waals surface area (Å²) in [5.41, 5.74) is 1.88. The van der Waals surface area contributed by atoms with E-state index in [9.17, 15) is 19.2 Å². The number of carbonyl (C=O) groups is 4. The lowest BCUT2D eigenvalue weighted by molar-refractivity contribution is -0.137.